The molecule has 3 N–H and O–H groups in total. The number of benzene rings is 1. The maximum Gasteiger partial charge on any atom is 0.291 e. The second-order valence-corrected chi connectivity index (χ2v) is 3.53. The van der Waals surface area contributed by atoms with Crippen LogP contribution in [0.3, 0.4) is 0 Å². The Morgan fingerprint density at radius 1 is 1.31 bits per heavy atom. The molecule has 0 aliphatic heterocycles. The Labute approximate surface area is 93.1 Å². The van der Waals surface area contributed by atoms with Crippen LogP contribution in [0.15, 0.2) is 40.8 Å². The van der Waals surface area contributed by atoms with Gasteiger partial charge in [-0.1, -0.05) is 12.1 Å². The summed E-state index contributed by atoms with van der Waals surface area (Å²) in [7, 11) is 0. The average Bonchev–Trinajstić information content (AvgIpc) is 2.65. The molecule has 4 nitrogen and oxygen atoms in total. The lowest BCUT2D eigenvalue weighted by Crippen LogP contribution is -2.10. The highest BCUT2D eigenvalue weighted by Crippen LogP contribution is 2.14. The highest BCUT2D eigenvalue weighted by molar-refractivity contribution is 6.02. The zero-order chi connectivity index (χ0) is 11.5. The molecule has 0 aliphatic carbocycles. The fourth-order valence-corrected chi connectivity index (χ4v) is 1.39. The Morgan fingerprint density at radius 2 is 2.12 bits per heavy atom. The van der Waals surface area contributed by atoms with E-state index in [9.17, 15) is 4.79 Å². The van der Waals surface area contributed by atoms with E-state index in [0.29, 0.717) is 0 Å². The molecule has 1 aromatic heterocycles. The minimum Gasteiger partial charge on any atom is -0.436 e. The number of nitrogens with one attached hydrogen (secondary N) is 1. The number of hydrogen-bond donors (Lipinski definition) is 2. The molecule has 0 saturated carbocycles. The SMILES string of the molecule is Cc1cccc(NC(=O)c2ccc(N)o2)c1. The lowest BCUT2D eigenvalue weighted by atomic mass is 10.2. The standard InChI is InChI=1S/C12H12N2O2/c1-8-3-2-4-9(7-8)14-12(15)10-5-6-11(13)16-10/h2-7H,13H2,1H3,(H,14,15). The molecule has 0 saturated heterocycles. The van der Waals surface area contributed by atoms with E-state index in [1.165, 1.54) is 0 Å². The van der Waals surface area contributed by atoms with E-state index in [0.717, 1.165) is 11.3 Å². The van der Waals surface area contributed by atoms with Crippen molar-refractivity contribution in [3.8, 4) is 0 Å². The second-order valence-electron chi connectivity index (χ2n) is 3.53. The normalized spacial score (nSPS) is 10.1. The number of furan rings is 1. The number of nitrogens with two attached hydrogens (primary N) is 1. The molecule has 2 aromatic rings. The molecule has 0 aliphatic rings. The van der Waals surface area contributed by atoms with Crippen LogP contribution >= 0.6 is 0 Å². The van der Waals surface area contributed by atoms with E-state index in [4.69, 9.17) is 10.2 Å². The van der Waals surface area contributed by atoms with Gasteiger partial charge in [0.2, 0.25) is 0 Å². The Kier molecular flexibility index (Phi) is 2.64. The van der Waals surface area contributed by atoms with Gasteiger partial charge in [0, 0.05) is 11.8 Å². The maximum atomic E-state index is 11.7. The van der Waals surface area contributed by atoms with E-state index in [1.54, 1.807) is 12.1 Å². The van der Waals surface area contributed by atoms with Crippen LogP contribution in [0.1, 0.15) is 16.1 Å². The largest absolute Gasteiger partial charge is 0.436 e. The zero-order valence-electron chi connectivity index (χ0n) is 8.86. The van der Waals surface area contributed by atoms with Crippen LogP contribution in [0.2, 0.25) is 0 Å². The molecule has 1 aromatic carbocycles. The van der Waals surface area contributed by atoms with Crippen LogP contribution in [-0.4, -0.2) is 5.91 Å². The number of rotatable bonds is 2. The molecule has 0 atom stereocenters. The third-order valence-electron chi connectivity index (χ3n) is 2.13. The Hall–Kier alpha value is -2.23. The summed E-state index contributed by atoms with van der Waals surface area (Å²) in [6.07, 6.45) is 0. The number of anilines is 2. The molecule has 82 valence electrons. The van der Waals surface area contributed by atoms with Crippen LogP contribution in [0.5, 0.6) is 0 Å². The van der Waals surface area contributed by atoms with Crippen molar-refractivity contribution in [1.29, 1.82) is 0 Å². The van der Waals surface area contributed by atoms with Crippen molar-refractivity contribution in [1.82, 2.24) is 0 Å². The number of nitrogen functional groups attached to an aromatic ring is 1. The average molecular weight is 216 g/mol. The van der Waals surface area contributed by atoms with Gasteiger partial charge in [-0.15, -0.1) is 0 Å². The van der Waals surface area contributed by atoms with Crippen molar-refractivity contribution in [3.63, 3.8) is 0 Å². The predicted molar refractivity (Wildman–Crippen MR) is 62.3 cm³/mol. The van der Waals surface area contributed by atoms with Gasteiger partial charge in [0.25, 0.3) is 5.91 Å². The van der Waals surface area contributed by atoms with Crippen molar-refractivity contribution in [2.24, 2.45) is 0 Å². The summed E-state index contributed by atoms with van der Waals surface area (Å²) >= 11 is 0. The highest BCUT2D eigenvalue weighted by Gasteiger charge is 2.09. The van der Waals surface area contributed by atoms with Gasteiger partial charge >= 0.3 is 0 Å². The Balaban J connectivity index is 2.13. The second kappa shape index (κ2) is 4.10. The number of hydrogen-bond acceptors (Lipinski definition) is 3. The summed E-state index contributed by atoms with van der Waals surface area (Å²) in [6.45, 7) is 1.96. The van der Waals surface area contributed by atoms with Crippen molar-refractivity contribution < 1.29 is 9.21 Å². The number of carbonyl (C=O) groups is 1. The molecule has 1 amide bonds. The predicted octanol–water partition coefficient (Wildman–Crippen LogP) is 2.42. The fraction of sp³-hybridized carbons (Fsp3) is 0.0833. The molecule has 4 heteroatoms. The van der Waals surface area contributed by atoms with E-state index < -0.39 is 0 Å². The van der Waals surface area contributed by atoms with E-state index in [1.807, 2.05) is 31.2 Å². The van der Waals surface area contributed by atoms with Crippen LogP contribution < -0.4 is 11.1 Å². The Morgan fingerprint density at radius 3 is 2.75 bits per heavy atom. The van der Waals surface area contributed by atoms with Gasteiger partial charge in [0.05, 0.1) is 0 Å². The third kappa shape index (κ3) is 2.23. The summed E-state index contributed by atoms with van der Waals surface area (Å²) in [4.78, 5) is 11.7. The van der Waals surface area contributed by atoms with E-state index in [-0.39, 0.29) is 17.6 Å². The van der Waals surface area contributed by atoms with Gasteiger partial charge in [-0.05, 0) is 30.7 Å². The summed E-state index contributed by atoms with van der Waals surface area (Å²) in [5.41, 5.74) is 7.20. The summed E-state index contributed by atoms with van der Waals surface area (Å²) in [5, 5.41) is 2.72. The van der Waals surface area contributed by atoms with Gasteiger partial charge in [0.1, 0.15) is 0 Å². The summed E-state index contributed by atoms with van der Waals surface area (Å²) in [6, 6.07) is 10.6. The lowest BCUT2D eigenvalue weighted by molar-refractivity contribution is 0.0997. The number of amides is 1. The van der Waals surface area contributed by atoms with Gasteiger partial charge in [-0.2, -0.15) is 0 Å². The molecule has 0 spiro atoms. The highest BCUT2D eigenvalue weighted by atomic mass is 16.4. The molecule has 0 bridgehead atoms. The number of carbonyl (C=O) groups excluding carboxylic acids is 1. The monoisotopic (exact) mass is 216 g/mol. The molecule has 2 rings (SSSR count). The van der Waals surface area contributed by atoms with Crippen molar-refractivity contribution >= 4 is 17.5 Å². The molecule has 16 heavy (non-hydrogen) atoms. The van der Waals surface area contributed by atoms with Gasteiger partial charge < -0.3 is 15.5 Å². The molecule has 1 heterocycles. The van der Waals surface area contributed by atoms with Crippen LogP contribution in [0.4, 0.5) is 11.6 Å². The topological polar surface area (TPSA) is 68.3 Å². The molecule has 0 fully saturated rings. The smallest absolute Gasteiger partial charge is 0.291 e. The minimum absolute atomic E-state index is 0.207. The summed E-state index contributed by atoms with van der Waals surface area (Å²) in [5.74, 6) is 0.135. The van der Waals surface area contributed by atoms with Gasteiger partial charge in [-0.3, -0.25) is 4.79 Å². The first kappa shape index (κ1) is 10.3. The van der Waals surface area contributed by atoms with Gasteiger partial charge in [-0.25, -0.2) is 0 Å². The van der Waals surface area contributed by atoms with Gasteiger partial charge in [0.15, 0.2) is 11.6 Å². The maximum absolute atomic E-state index is 11.7. The fourth-order valence-electron chi connectivity index (χ4n) is 1.39. The van der Waals surface area contributed by atoms with Crippen molar-refractivity contribution in [2.45, 2.75) is 6.92 Å². The third-order valence-corrected chi connectivity index (χ3v) is 2.13. The molecular weight excluding hydrogens is 204 g/mol. The first-order chi connectivity index (χ1) is 7.65. The molecule has 0 radical (unpaired) electrons. The number of aryl methyl sites for hydroxylation is 1. The van der Waals surface area contributed by atoms with E-state index >= 15 is 0 Å². The first-order valence-electron chi connectivity index (χ1n) is 4.88. The molecule has 0 unspecified atom stereocenters. The Bertz CT molecular complexity index is 517. The van der Waals surface area contributed by atoms with Crippen molar-refractivity contribution in [3.05, 3.63) is 47.7 Å². The van der Waals surface area contributed by atoms with Crippen molar-refractivity contribution in [2.75, 3.05) is 11.1 Å². The molecular formula is C12H12N2O2. The zero-order valence-corrected chi connectivity index (χ0v) is 8.86. The minimum atomic E-state index is -0.303. The summed E-state index contributed by atoms with van der Waals surface area (Å²) < 4.78 is 5.01. The van der Waals surface area contributed by atoms with E-state index in [2.05, 4.69) is 5.32 Å². The quantitative estimate of drug-likeness (QED) is 0.810. The van der Waals surface area contributed by atoms with Crippen LogP contribution in [0, 0.1) is 6.92 Å². The van der Waals surface area contributed by atoms with Crippen LogP contribution in [-0.2, 0) is 0 Å². The lowest BCUT2D eigenvalue weighted by Gasteiger charge is -2.03. The first-order valence-corrected chi connectivity index (χ1v) is 4.88. The van der Waals surface area contributed by atoms with Crippen LogP contribution in [0.25, 0.3) is 0 Å².